The molecule has 8 heteroatoms. The van der Waals surface area contributed by atoms with E-state index in [2.05, 4.69) is 11.4 Å². The van der Waals surface area contributed by atoms with Gasteiger partial charge in [0.05, 0.1) is 30.0 Å². The molecule has 1 saturated carbocycles. The average Bonchev–Trinajstić information content (AvgIpc) is 3.51. The van der Waals surface area contributed by atoms with Crippen LogP contribution in [0.4, 0.5) is 17.1 Å². The van der Waals surface area contributed by atoms with Crippen LogP contribution >= 0.6 is 0 Å². The normalized spacial score (nSPS) is 25.4. The third kappa shape index (κ3) is 5.91. The molecule has 282 valence electrons. The molecular weight excluding hydrogens is 713 g/mol. The maximum atomic E-state index is 15.2. The molecule has 1 aliphatic heterocycles. The SMILES string of the molecule is COc1cc(C=CC2C3=CCC4C(=O)N(c5ccc(Nc6ccccc6)cc5)C(=O)C4C3CC3C(=O)C(c4ccccc4)=CC(=O)C23c2ccccc2)ccc1O. The minimum absolute atomic E-state index is 0.00284. The van der Waals surface area contributed by atoms with Crippen molar-refractivity contribution in [2.24, 2.45) is 29.6 Å². The van der Waals surface area contributed by atoms with Crippen LogP contribution in [-0.4, -0.2) is 35.6 Å². The first-order valence-corrected chi connectivity index (χ1v) is 19.3. The van der Waals surface area contributed by atoms with Gasteiger partial charge in [0.25, 0.3) is 0 Å². The number of imide groups is 1. The first kappa shape index (κ1) is 35.9. The van der Waals surface area contributed by atoms with E-state index in [4.69, 9.17) is 4.74 Å². The fourth-order valence-electron chi connectivity index (χ4n) is 9.76. The van der Waals surface area contributed by atoms with Crippen molar-refractivity contribution in [3.8, 4) is 11.5 Å². The number of amides is 2. The summed E-state index contributed by atoms with van der Waals surface area (Å²) >= 11 is 0. The molecule has 0 radical (unpaired) electrons. The number of phenolic OH excluding ortho intramolecular Hbond substituents is 1. The van der Waals surface area contributed by atoms with Crippen molar-refractivity contribution in [2.75, 3.05) is 17.3 Å². The van der Waals surface area contributed by atoms with Crippen molar-refractivity contribution in [2.45, 2.75) is 18.3 Å². The quantitative estimate of drug-likeness (QED) is 0.120. The van der Waals surface area contributed by atoms with E-state index in [1.807, 2.05) is 115 Å². The van der Waals surface area contributed by atoms with Crippen LogP contribution in [-0.2, 0) is 24.6 Å². The Hall–Kier alpha value is -6.80. The smallest absolute Gasteiger partial charge is 0.238 e. The lowest BCUT2D eigenvalue weighted by Gasteiger charge is -2.54. The molecule has 6 atom stereocenters. The summed E-state index contributed by atoms with van der Waals surface area (Å²) in [4.78, 5) is 60.6. The van der Waals surface area contributed by atoms with E-state index >= 15 is 9.59 Å². The average molecular weight is 753 g/mol. The number of anilines is 3. The molecule has 5 aromatic carbocycles. The van der Waals surface area contributed by atoms with Crippen molar-refractivity contribution in [1.29, 1.82) is 0 Å². The van der Waals surface area contributed by atoms with Gasteiger partial charge in [-0.3, -0.25) is 24.1 Å². The number of nitrogens with one attached hydrogen (secondary N) is 1. The van der Waals surface area contributed by atoms with Crippen molar-refractivity contribution in [3.63, 3.8) is 0 Å². The molecular formula is C49H40N2O6. The Morgan fingerprint density at radius 2 is 1.44 bits per heavy atom. The number of methoxy groups -OCH3 is 1. The van der Waals surface area contributed by atoms with Gasteiger partial charge in [0.15, 0.2) is 23.1 Å². The van der Waals surface area contributed by atoms with Crippen LogP contribution in [0.1, 0.15) is 29.5 Å². The number of para-hydroxylation sites is 1. The third-order valence-electron chi connectivity index (χ3n) is 12.3. The molecule has 5 aromatic rings. The molecule has 0 spiro atoms. The number of allylic oxidation sites excluding steroid dienone is 5. The van der Waals surface area contributed by atoms with Gasteiger partial charge >= 0.3 is 0 Å². The monoisotopic (exact) mass is 752 g/mol. The number of ketones is 2. The third-order valence-corrected chi connectivity index (χ3v) is 12.3. The Bertz CT molecular complexity index is 2490. The molecule has 57 heavy (non-hydrogen) atoms. The van der Waals surface area contributed by atoms with Crippen LogP contribution in [0.25, 0.3) is 11.6 Å². The second kappa shape index (κ2) is 14.4. The van der Waals surface area contributed by atoms with Crippen LogP contribution in [0.3, 0.4) is 0 Å². The highest BCUT2D eigenvalue weighted by Gasteiger charge is 2.65. The summed E-state index contributed by atoms with van der Waals surface area (Å²) in [5.41, 5.74) is 4.23. The van der Waals surface area contributed by atoms with Gasteiger partial charge < -0.3 is 15.2 Å². The van der Waals surface area contributed by atoms with E-state index in [1.54, 1.807) is 30.3 Å². The standard InChI is InChI=1S/C49H40N2O6/c1-57-43-27-30(18-26-42(43)52)17-25-40-36-23-24-37-45(48(56)51(47(37)55)35-21-19-34(20-22-35)50-33-15-9-4-10-16-33)39(36)28-41-46(54)38(31-11-5-2-6-12-31)29-44(53)49(40,41)32-13-7-3-8-14-32/h2-23,25-27,29,37,39-41,45,50,52H,24,28H2,1H3. The molecule has 6 unspecified atom stereocenters. The second-order valence-electron chi connectivity index (χ2n) is 15.2. The number of Topliss-reactive ketones (excluding diaryl/α,β-unsaturated/α-hetero) is 1. The summed E-state index contributed by atoms with van der Waals surface area (Å²) in [6.45, 7) is 0. The first-order chi connectivity index (χ1) is 27.8. The molecule has 1 saturated heterocycles. The van der Waals surface area contributed by atoms with Gasteiger partial charge in [-0.25, -0.2) is 0 Å². The lowest BCUT2D eigenvalue weighted by atomic mass is 9.45. The van der Waals surface area contributed by atoms with Crippen molar-refractivity contribution in [1.82, 2.24) is 0 Å². The lowest BCUT2D eigenvalue weighted by molar-refractivity contribution is -0.135. The van der Waals surface area contributed by atoms with Gasteiger partial charge in [-0.1, -0.05) is 109 Å². The van der Waals surface area contributed by atoms with Crippen LogP contribution < -0.4 is 15.0 Å². The minimum atomic E-state index is -1.32. The molecule has 0 bridgehead atoms. The van der Waals surface area contributed by atoms with Gasteiger partial charge in [0, 0.05) is 28.8 Å². The maximum Gasteiger partial charge on any atom is 0.238 e. The minimum Gasteiger partial charge on any atom is -0.504 e. The zero-order valence-electron chi connectivity index (χ0n) is 31.2. The number of carbonyl (C=O) groups is 4. The fourth-order valence-corrected chi connectivity index (χ4v) is 9.76. The number of carbonyl (C=O) groups excluding carboxylic acids is 4. The predicted molar refractivity (Wildman–Crippen MR) is 220 cm³/mol. The van der Waals surface area contributed by atoms with E-state index in [1.165, 1.54) is 18.1 Å². The van der Waals surface area contributed by atoms with Crippen LogP contribution in [0.2, 0.25) is 0 Å². The Balaban J connectivity index is 1.16. The largest absolute Gasteiger partial charge is 0.504 e. The van der Waals surface area contributed by atoms with E-state index < -0.39 is 35.0 Å². The molecule has 2 fully saturated rings. The number of benzene rings is 5. The van der Waals surface area contributed by atoms with Gasteiger partial charge in [-0.15, -0.1) is 0 Å². The summed E-state index contributed by atoms with van der Waals surface area (Å²) in [5.74, 6) is -3.89. The molecule has 8 nitrogen and oxygen atoms in total. The Morgan fingerprint density at radius 3 is 2.14 bits per heavy atom. The summed E-state index contributed by atoms with van der Waals surface area (Å²) in [7, 11) is 1.48. The molecule has 1 heterocycles. The number of phenols is 1. The zero-order valence-corrected chi connectivity index (χ0v) is 31.2. The molecule has 9 rings (SSSR count). The number of rotatable bonds is 8. The number of hydrogen-bond acceptors (Lipinski definition) is 7. The fraction of sp³-hybridized carbons (Fsp3) is 0.184. The highest BCUT2D eigenvalue weighted by molar-refractivity contribution is 6.31. The van der Waals surface area contributed by atoms with Gasteiger partial charge in [0.2, 0.25) is 11.8 Å². The Kier molecular flexibility index (Phi) is 9.04. The Morgan fingerprint density at radius 1 is 0.772 bits per heavy atom. The summed E-state index contributed by atoms with van der Waals surface area (Å²) in [5, 5.41) is 13.7. The maximum absolute atomic E-state index is 15.2. The number of aromatic hydroxyl groups is 1. The summed E-state index contributed by atoms with van der Waals surface area (Å²) in [6, 6.07) is 40.8. The highest BCUT2D eigenvalue weighted by Crippen LogP contribution is 2.61. The highest BCUT2D eigenvalue weighted by atomic mass is 16.5. The van der Waals surface area contributed by atoms with E-state index in [9.17, 15) is 14.7 Å². The number of hydrogen-bond donors (Lipinski definition) is 2. The van der Waals surface area contributed by atoms with Crippen LogP contribution in [0, 0.1) is 29.6 Å². The predicted octanol–water partition coefficient (Wildman–Crippen LogP) is 8.72. The van der Waals surface area contributed by atoms with Gasteiger partial charge in [-0.05, 0) is 90.1 Å². The Labute approximate surface area is 330 Å². The molecule has 4 aliphatic rings. The summed E-state index contributed by atoms with van der Waals surface area (Å²) < 4.78 is 5.39. The van der Waals surface area contributed by atoms with E-state index in [-0.39, 0.29) is 35.6 Å². The van der Waals surface area contributed by atoms with Gasteiger partial charge in [0.1, 0.15) is 0 Å². The molecule has 3 aliphatic carbocycles. The van der Waals surface area contributed by atoms with E-state index in [0.29, 0.717) is 29.0 Å². The second-order valence-corrected chi connectivity index (χ2v) is 15.2. The first-order valence-electron chi connectivity index (χ1n) is 19.3. The van der Waals surface area contributed by atoms with Gasteiger partial charge in [-0.2, -0.15) is 0 Å². The van der Waals surface area contributed by atoms with Crippen molar-refractivity contribution in [3.05, 3.63) is 174 Å². The van der Waals surface area contributed by atoms with Crippen molar-refractivity contribution >= 4 is 52.1 Å². The molecule has 2 amide bonds. The van der Waals surface area contributed by atoms with E-state index in [0.717, 1.165) is 28.1 Å². The number of ether oxygens (including phenoxy) is 1. The topological polar surface area (TPSA) is 113 Å². The number of nitrogens with zero attached hydrogens (tertiary/aromatic N) is 1. The number of fused-ring (bicyclic) bond motifs is 4. The molecule has 0 aromatic heterocycles. The molecule has 2 N–H and O–H groups in total. The van der Waals surface area contributed by atoms with Crippen LogP contribution in [0.15, 0.2) is 157 Å². The summed E-state index contributed by atoms with van der Waals surface area (Å²) in [6.07, 6.45) is 7.96. The zero-order chi connectivity index (χ0) is 39.3. The lowest BCUT2D eigenvalue weighted by Crippen LogP contribution is -2.59. The van der Waals surface area contributed by atoms with Crippen molar-refractivity contribution < 1.29 is 29.0 Å². The van der Waals surface area contributed by atoms with Crippen LogP contribution in [0.5, 0.6) is 11.5 Å².